The average molecular weight is 272 g/mol. The highest BCUT2D eigenvalue weighted by Gasteiger charge is 2.28. The Labute approximate surface area is 119 Å². The van der Waals surface area contributed by atoms with Crippen LogP contribution in [0.3, 0.4) is 0 Å². The van der Waals surface area contributed by atoms with Gasteiger partial charge in [0.05, 0.1) is 12.7 Å². The summed E-state index contributed by atoms with van der Waals surface area (Å²) in [5.74, 6) is 0.795. The smallest absolute Gasteiger partial charge is 0.133 e. The van der Waals surface area contributed by atoms with Crippen molar-refractivity contribution in [2.24, 2.45) is 0 Å². The number of methoxy groups -OCH3 is 1. The number of carbonyl (C=O) groups is 1. The van der Waals surface area contributed by atoms with Crippen LogP contribution in [-0.2, 0) is 10.4 Å². The van der Waals surface area contributed by atoms with Gasteiger partial charge in [-0.1, -0.05) is 25.1 Å². The molecule has 3 nitrogen and oxygen atoms in total. The normalized spacial score (nSPS) is 14.0. The van der Waals surface area contributed by atoms with Crippen molar-refractivity contribution in [2.45, 2.75) is 32.3 Å². The number of ketones is 1. The molecule has 106 valence electrons. The lowest BCUT2D eigenvalue weighted by Crippen LogP contribution is -2.27. The molecular weight excluding hydrogens is 252 g/mol. The van der Waals surface area contributed by atoms with Gasteiger partial charge in [-0.3, -0.25) is 4.79 Å². The molecule has 0 aliphatic heterocycles. The Morgan fingerprint density at radius 1 is 1.20 bits per heavy atom. The predicted molar refractivity (Wildman–Crippen MR) is 80.0 cm³/mol. The van der Waals surface area contributed by atoms with E-state index in [1.807, 2.05) is 43.3 Å². The van der Waals surface area contributed by atoms with E-state index in [1.54, 1.807) is 7.11 Å². The topological polar surface area (TPSA) is 46.5 Å². The standard InChI is InChI=1S/C17H20O3/c1-4-17(19,11-12(2)18)15-7-5-14-10-16(20-3)8-6-13(14)9-15/h5-10,19H,4,11H2,1-3H3/t17-/m0/s1. The van der Waals surface area contributed by atoms with Gasteiger partial charge in [-0.15, -0.1) is 0 Å². The SMILES string of the molecule is CC[C@](O)(CC(C)=O)c1ccc2cc(OC)ccc2c1. The Morgan fingerprint density at radius 3 is 2.45 bits per heavy atom. The van der Waals surface area contributed by atoms with Gasteiger partial charge in [0.15, 0.2) is 0 Å². The average Bonchev–Trinajstić information content (AvgIpc) is 2.45. The number of Topliss-reactive ketones (excluding diaryl/α,β-unsaturated/α-hetero) is 1. The quantitative estimate of drug-likeness (QED) is 0.907. The van der Waals surface area contributed by atoms with Crippen molar-refractivity contribution >= 4 is 16.6 Å². The maximum absolute atomic E-state index is 11.4. The summed E-state index contributed by atoms with van der Waals surface area (Å²) in [6.45, 7) is 3.40. The molecule has 0 aliphatic carbocycles. The molecule has 2 aromatic carbocycles. The van der Waals surface area contributed by atoms with Crippen LogP contribution in [0.1, 0.15) is 32.3 Å². The van der Waals surface area contributed by atoms with E-state index in [0.29, 0.717) is 6.42 Å². The second-order valence-corrected chi connectivity index (χ2v) is 5.19. The van der Waals surface area contributed by atoms with Gasteiger partial charge < -0.3 is 9.84 Å². The highest BCUT2D eigenvalue weighted by Crippen LogP contribution is 2.32. The molecule has 0 spiro atoms. The number of carbonyl (C=O) groups excluding carboxylic acids is 1. The van der Waals surface area contributed by atoms with Crippen molar-refractivity contribution in [1.29, 1.82) is 0 Å². The van der Waals surface area contributed by atoms with Crippen molar-refractivity contribution in [2.75, 3.05) is 7.11 Å². The van der Waals surface area contributed by atoms with E-state index in [2.05, 4.69) is 0 Å². The van der Waals surface area contributed by atoms with Crippen LogP contribution in [0.4, 0.5) is 0 Å². The summed E-state index contributed by atoms with van der Waals surface area (Å²) in [6.07, 6.45) is 0.652. The highest BCUT2D eigenvalue weighted by molar-refractivity contribution is 5.85. The summed E-state index contributed by atoms with van der Waals surface area (Å²) < 4.78 is 5.20. The monoisotopic (exact) mass is 272 g/mol. The molecule has 3 heteroatoms. The molecule has 0 amide bonds. The number of hydrogen-bond donors (Lipinski definition) is 1. The van der Waals surface area contributed by atoms with Gasteiger partial charge in [-0.25, -0.2) is 0 Å². The third-order valence-electron chi connectivity index (χ3n) is 3.71. The molecule has 0 heterocycles. The minimum atomic E-state index is -1.08. The summed E-state index contributed by atoms with van der Waals surface area (Å²) in [4.78, 5) is 11.4. The summed E-state index contributed by atoms with van der Waals surface area (Å²) in [5, 5.41) is 12.8. The molecule has 1 atom stereocenters. The van der Waals surface area contributed by atoms with Crippen molar-refractivity contribution in [1.82, 2.24) is 0 Å². The van der Waals surface area contributed by atoms with E-state index in [0.717, 1.165) is 22.1 Å². The molecular formula is C17H20O3. The van der Waals surface area contributed by atoms with Gasteiger partial charge >= 0.3 is 0 Å². The molecule has 1 N–H and O–H groups in total. The number of ether oxygens (including phenoxy) is 1. The lowest BCUT2D eigenvalue weighted by atomic mass is 9.85. The third-order valence-corrected chi connectivity index (χ3v) is 3.71. The Hall–Kier alpha value is -1.87. The first-order valence-corrected chi connectivity index (χ1v) is 6.78. The van der Waals surface area contributed by atoms with Gasteiger partial charge in [0, 0.05) is 6.42 Å². The Morgan fingerprint density at radius 2 is 1.85 bits per heavy atom. The van der Waals surface area contributed by atoms with Crippen molar-refractivity contribution < 1.29 is 14.6 Å². The van der Waals surface area contributed by atoms with E-state index < -0.39 is 5.60 Å². The fourth-order valence-corrected chi connectivity index (χ4v) is 2.48. The second kappa shape index (κ2) is 5.63. The molecule has 0 saturated carbocycles. The molecule has 0 unspecified atom stereocenters. The van der Waals surface area contributed by atoms with Crippen molar-refractivity contribution in [3.63, 3.8) is 0 Å². The van der Waals surface area contributed by atoms with Gasteiger partial charge in [-0.2, -0.15) is 0 Å². The molecule has 0 aromatic heterocycles. The maximum atomic E-state index is 11.4. The summed E-state index contributed by atoms with van der Waals surface area (Å²) in [7, 11) is 1.64. The van der Waals surface area contributed by atoms with Crippen LogP contribution in [0.25, 0.3) is 10.8 Å². The lowest BCUT2D eigenvalue weighted by Gasteiger charge is -2.26. The van der Waals surface area contributed by atoms with Crippen LogP contribution in [0.2, 0.25) is 0 Å². The molecule has 0 aliphatic rings. The zero-order valence-electron chi connectivity index (χ0n) is 12.1. The van der Waals surface area contributed by atoms with E-state index in [-0.39, 0.29) is 12.2 Å². The fourth-order valence-electron chi connectivity index (χ4n) is 2.48. The maximum Gasteiger partial charge on any atom is 0.133 e. The minimum absolute atomic E-state index is 0.0100. The van der Waals surface area contributed by atoms with Crippen molar-refractivity contribution in [3.05, 3.63) is 42.0 Å². The molecule has 2 rings (SSSR count). The first-order valence-electron chi connectivity index (χ1n) is 6.78. The molecule has 0 radical (unpaired) electrons. The Balaban J connectivity index is 2.47. The fraction of sp³-hybridized carbons (Fsp3) is 0.353. The van der Waals surface area contributed by atoms with Crippen LogP contribution >= 0.6 is 0 Å². The van der Waals surface area contributed by atoms with E-state index in [1.165, 1.54) is 6.92 Å². The van der Waals surface area contributed by atoms with E-state index >= 15 is 0 Å². The van der Waals surface area contributed by atoms with Crippen LogP contribution < -0.4 is 4.74 Å². The predicted octanol–water partition coefficient (Wildman–Crippen LogP) is 3.43. The van der Waals surface area contributed by atoms with E-state index in [9.17, 15) is 9.90 Å². The molecule has 20 heavy (non-hydrogen) atoms. The van der Waals surface area contributed by atoms with Crippen LogP contribution in [0.5, 0.6) is 5.75 Å². The van der Waals surface area contributed by atoms with Gasteiger partial charge in [0.2, 0.25) is 0 Å². The van der Waals surface area contributed by atoms with Gasteiger partial charge in [-0.05, 0) is 47.9 Å². The zero-order chi connectivity index (χ0) is 14.8. The number of hydrogen-bond acceptors (Lipinski definition) is 3. The first kappa shape index (κ1) is 14.5. The van der Waals surface area contributed by atoms with Crippen molar-refractivity contribution in [3.8, 4) is 5.75 Å². The van der Waals surface area contributed by atoms with Crippen LogP contribution in [0, 0.1) is 0 Å². The van der Waals surface area contributed by atoms with Crippen LogP contribution in [-0.4, -0.2) is 18.0 Å². The molecule has 2 aromatic rings. The summed E-state index contributed by atoms with van der Waals surface area (Å²) in [5.41, 5.74) is -0.298. The number of benzene rings is 2. The molecule has 0 fully saturated rings. The largest absolute Gasteiger partial charge is 0.497 e. The molecule has 0 bridgehead atoms. The van der Waals surface area contributed by atoms with Gasteiger partial charge in [0.1, 0.15) is 11.5 Å². The first-order chi connectivity index (χ1) is 9.48. The summed E-state index contributed by atoms with van der Waals surface area (Å²) in [6, 6.07) is 11.6. The third kappa shape index (κ3) is 2.83. The lowest BCUT2D eigenvalue weighted by molar-refractivity contribution is -0.122. The second-order valence-electron chi connectivity index (χ2n) is 5.19. The minimum Gasteiger partial charge on any atom is -0.497 e. The zero-order valence-corrected chi connectivity index (χ0v) is 12.1. The molecule has 0 saturated heterocycles. The number of aliphatic hydroxyl groups is 1. The Kier molecular flexibility index (Phi) is 4.09. The number of rotatable bonds is 5. The van der Waals surface area contributed by atoms with Crippen LogP contribution in [0.15, 0.2) is 36.4 Å². The van der Waals surface area contributed by atoms with Gasteiger partial charge in [0.25, 0.3) is 0 Å². The number of fused-ring (bicyclic) bond motifs is 1. The Bertz CT molecular complexity index is 633. The highest BCUT2D eigenvalue weighted by atomic mass is 16.5. The van der Waals surface area contributed by atoms with E-state index in [4.69, 9.17) is 4.74 Å². The summed E-state index contributed by atoms with van der Waals surface area (Å²) >= 11 is 0.